The van der Waals surface area contributed by atoms with Gasteiger partial charge in [0.2, 0.25) is 11.8 Å². The number of amides is 3. The number of hydrogen-bond acceptors (Lipinski definition) is 5. The fourth-order valence-electron chi connectivity index (χ4n) is 4.70. The van der Waals surface area contributed by atoms with Crippen LogP contribution in [-0.4, -0.2) is 51.1 Å². The van der Waals surface area contributed by atoms with E-state index < -0.39 is 41.9 Å². The van der Waals surface area contributed by atoms with Crippen molar-refractivity contribution >= 4 is 34.3 Å². The number of carbonyl (C=O) groups excluding carboxylic acids is 3. The number of likely N-dealkylation sites (tertiary alicyclic amines) is 1. The minimum atomic E-state index is -3.22. The molecular formula is C23H20F3N5O4. The maximum Gasteiger partial charge on any atom is 0.387 e. The summed E-state index contributed by atoms with van der Waals surface area (Å²) in [4.78, 5) is 39.5. The van der Waals surface area contributed by atoms with Crippen LogP contribution >= 0.6 is 0 Å². The van der Waals surface area contributed by atoms with Crippen LogP contribution in [0.25, 0.3) is 10.9 Å². The predicted octanol–water partition coefficient (Wildman–Crippen LogP) is 2.50. The van der Waals surface area contributed by atoms with Gasteiger partial charge >= 0.3 is 6.61 Å². The molecule has 2 fully saturated rings. The van der Waals surface area contributed by atoms with Gasteiger partial charge in [0.1, 0.15) is 12.6 Å². The van der Waals surface area contributed by atoms with Crippen molar-refractivity contribution in [2.45, 2.75) is 38.1 Å². The Balaban J connectivity index is 1.36. The van der Waals surface area contributed by atoms with E-state index in [-0.39, 0.29) is 29.9 Å². The molecule has 0 bridgehead atoms. The Morgan fingerprint density at radius 1 is 1.14 bits per heavy atom. The lowest BCUT2D eigenvalue weighted by atomic mass is 10.1. The van der Waals surface area contributed by atoms with Gasteiger partial charge in [0.05, 0.1) is 11.2 Å². The number of anilines is 1. The molecule has 1 aromatic heterocycles. The first-order valence-corrected chi connectivity index (χ1v) is 10.8. The Bertz CT molecular complexity index is 1340. The van der Waals surface area contributed by atoms with Crippen molar-refractivity contribution in [2.24, 2.45) is 11.7 Å². The molecule has 2 heterocycles. The standard InChI is InChI=1S/C23H20F3N5O4/c24-19-13(5-3-7-17(19)35-23(25)26)28-22(34)16-9-11-8-15(11)31(16)18(32)10-30-14-6-2-1-4-12(14)20(29-30)21(27)33/h1-7,11,15-16,23H,8-10H2,(H2,27,33)(H,28,34)/t11-,15-,16+/m1/s1. The van der Waals surface area contributed by atoms with Crippen LogP contribution in [0, 0.1) is 11.7 Å². The second-order valence-corrected chi connectivity index (χ2v) is 8.49. The van der Waals surface area contributed by atoms with E-state index in [0.29, 0.717) is 17.3 Å². The number of fused-ring (bicyclic) bond motifs is 2. The maximum atomic E-state index is 14.5. The van der Waals surface area contributed by atoms with Crippen molar-refractivity contribution in [3.05, 3.63) is 54.0 Å². The molecule has 9 nitrogen and oxygen atoms in total. The van der Waals surface area contributed by atoms with E-state index in [1.807, 2.05) is 0 Å². The number of rotatable bonds is 7. The Kier molecular flexibility index (Phi) is 5.58. The van der Waals surface area contributed by atoms with Gasteiger partial charge in [0.15, 0.2) is 17.3 Å². The number of piperidine rings is 1. The molecule has 2 aliphatic rings. The van der Waals surface area contributed by atoms with Crippen LogP contribution in [0.15, 0.2) is 42.5 Å². The van der Waals surface area contributed by atoms with Gasteiger partial charge in [-0.05, 0) is 37.0 Å². The summed E-state index contributed by atoms with van der Waals surface area (Å²) in [7, 11) is 0. The van der Waals surface area contributed by atoms with E-state index in [1.54, 1.807) is 24.3 Å². The fraction of sp³-hybridized carbons (Fsp3) is 0.304. The molecule has 5 rings (SSSR count). The number of nitrogens with zero attached hydrogens (tertiary/aromatic N) is 3. The minimum absolute atomic E-state index is 0.0368. The Morgan fingerprint density at radius 2 is 1.91 bits per heavy atom. The third-order valence-corrected chi connectivity index (χ3v) is 6.31. The third kappa shape index (κ3) is 4.15. The molecule has 0 radical (unpaired) electrons. The lowest BCUT2D eigenvalue weighted by Gasteiger charge is -2.27. The summed E-state index contributed by atoms with van der Waals surface area (Å²) in [5, 5.41) is 7.09. The first-order chi connectivity index (χ1) is 16.7. The molecular weight excluding hydrogens is 467 g/mol. The number of primary amides is 1. The number of hydrogen-bond donors (Lipinski definition) is 2. The van der Waals surface area contributed by atoms with E-state index >= 15 is 0 Å². The number of nitrogens with one attached hydrogen (secondary N) is 1. The topological polar surface area (TPSA) is 120 Å². The first kappa shape index (κ1) is 22.7. The number of nitrogens with two attached hydrogens (primary N) is 1. The van der Waals surface area contributed by atoms with Crippen LogP contribution in [-0.2, 0) is 16.1 Å². The van der Waals surface area contributed by atoms with E-state index in [2.05, 4.69) is 15.2 Å². The number of alkyl halides is 2. The van der Waals surface area contributed by atoms with Crippen LogP contribution in [0.3, 0.4) is 0 Å². The van der Waals surface area contributed by atoms with Gasteiger partial charge in [-0.25, -0.2) is 4.39 Å². The molecule has 3 aromatic rings. The number of carbonyl (C=O) groups is 3. The summed E-state index contributed by atoms with van der Waals surface area (Å²) < 4.78 is 45.0. The van der Waals surface area contributed by atoms with Gasteiger partial charge in [0, 0.05) is 11.4 Å². The van der Waals surface area contributed by atoms with Crippen LogP contribution in [0.5, 0.6) is 5.75 Å². The molecule has 2 aromatic carbocycles. The number of aromatic nitrogens is 2. The lowest BCUT2D eigenvalue weighted by Crippen LogP contribution is -2.46. The van der Waals surface area contributed by atoms with Crippen LogP contribution in [0.1, 0.15) is 23.3 Å². The van der Waals surface area contributed by atoms with Gasteiger partial charge in [-0.3, -0.25) is 19.1 Å². The molecule has 182 valence electrons. The SMILES string of the molecule is NC(=O)c1nn(CC(=O)N2[C@@H]3C[C@@H]3C[C@H]2C(=O)Nc2cccc(OC(F)F)c2F)c2ccccc12. The average Bonchev–Trinajstić information content (AvgIpc) is 3.31. The van der Waals surface area contributed by atoms with Crippen molar-refractivity contribution in [1.29, 1.82) is 0 Å². The summed E-state index contributed by atoms with van der Waals surface area (Å²) in [5.41, 5.74) is 5.67. The summed E-state index contributed by atoms with van der Waals surface area (Å²) in [6.45, 7) is -3.45. The third-order valence-electron chi connectivity index (χ3n) is 6.31. The molecule has 1 saturated carbocycles. The molecule has 0 spiro atoms. The van der Waals surface area contributed by atoms with Gasteiger partial charge in [-0.2, -0.15) is 13.9 Å². The Hall–Kier alpha value is -4.09. The Morgan fingerprint density at radius 3 is 2.66 bits per heavy atom. The average molecular weight is 487 g/mol. The van der Waals surface area contributed by atoms with Crippen LogP contribution < -0.4 is 15.8 Å². The summed E-state index contributed by atoms with van der Waals surface area (Å²) in [6.07, 6.45) is 1.14. The first-order valence-electron chi connectivity index (χ1n) is 10.8. The van der Waals surface area contributed by atoms with E-state index in [0.717, 1.165) is 12.5 Å². The van der Waals surface area contributed by atoms with Crippen molar-refractivity contribution < 1.29 is 32.3 Å². The maximum absolute atomic E-state index is 14.5. The van der Waals surface area contributed by atoms with Gasteiger partial charge in [0.25, 0.3) is 5.91 Å². The zero-order valence-electron chi connectivity index (χ0n) is 18.2. The van der Waals surface area contributed by atoms with E-state index in [9.17, 15) is 27.6 Å². The number of ether oxygens (including phenoxy) is 1. The van der Waals surface area contributed by atoms with Crippen molar-refractivity contribution in [1.82, 2.24) is 14.7 Å². The van der Waals surface area contributed by atoms with Crippen molar-refractivity contribution in [3.63, 3.8) is 0 Å². The summed E-state index contributed by atoms with van der Waals surface area (Å²) >= 11 is 0. The van der Waals surface area contributed by atoms with E-state index in [4.69, 9.17) is 5.73 Å². The number of halogens is 3. The molecule has 3 atom stereocenters. The normalized spacial score (nSPS) is 20.7. The molecule has 1 saturated heterocycles. The van der Waals surface area contributed by atoms with E-state index in [1.165, 1.54) is 21.7 Å². The Labute approximate surface area is 196 Å². The molecule has 12 heteroatoms. The van der Waals surface area contributed by atoms with Gasteiger partial charge in [-0.1, -0.05) is 24.3 Å². The lowest BCUT2D eigenvalue weighted by molar-refractivity contribution is -0.138. The second-order valence-electron chi connectivity index (χ2n) is 8.49. The summed E-state index contributed by atoms with van der Waals surface area (Å²) in [6, 6.07) is 9.33. The quantitative estimate of drug-likeness (QED) is 0.531. The zero-order valence-corrected chi connectivity index (χ0v) is 18.2. The van der Waals surface area contributed by atoms with Crippen LogP contribution in [0.2, 0.25) is 0 Å². The largest absolute Gasteiger partial charge is 0.432 e. The number of para-hydroxylation sites is 1. The highest BCUT2D eigenvalue weighted by atomic mass is 19.3. The zero-order chi connectivity index (χ0) is 24.9. The predicted molar refractivity (Wildman–Crippen MR) is 117 cm³/mol. The van der Waals surface area contributed by atoms with Crippen LogP contribution in [0.4, 0.5) is 18.9 Å². The fourth-order valence-corrected chi connectivity index (χ4v) is 4.70. The molecule has 3 amide bonds. The highest BCUT2D eigenvalue weighted by molar-refractivity contribution is 6.04. The van der Waals surface area contributed by atoms with Crippen molar-refractivity contribution in [2.75, 3.05) is 5.32 Å². The molecule has 1 aliphatic heterocycles. The molecule has 0 unspecified atom stereocenters. The number of benzene rings is 2. The monoisotopic (exact) mass is 487 g/mol. The highest BCUT2D eigenvalue weighted by Gasteiger charge is 2.56. The summed E-state index contributed by atoms with van der Waals surface area (Å²) in [5.74, 6) is -3.45. The second kappa shape index (κ2) is 8.60. The molecule has 3 N–H and O–H groups in total. The van der Waals surface area contributed by atoms with Gasteiger partial charge < -0.3 is 20.7 Å². The highest BCUT2D eigenvalue weighted by Crippen LogP contribution is 2.48. The molecule has 1 aliphatic carbocycles. The van der Waals surface area contributed by atoms with Crippen molar-refractivity contribution in [3.8, 4) is 5.75 Å². The minimum Gasteiger partial charge on any atom is -0.432 e. The molecule has 35 heavy (non-hydrogen) atoms. The smallest absolute Gasteiger partial charge is 0.387 e. The van der Waals surface area contributed by atoms with Gasteiger partial charge in [-0.15, -0.1) is 0 Å².